The van der Waals surface area contributed by atoms with Crippen molar-refractivity contribution in [3.05, 3.63) is 24.0 Å². The lowest BCUT2D eigenvalue weighted by atomic mass is 10.2. The van der Waals surface area contributed by atoms with Gasteiger partial charge in [0, 0.05) is 18.8 Å². The van der Waals surface area contributed by atoms with Gasteiger partial charge in [0.1, 0.15) is 12.2 Å². The zero-order chi connectivity index (χ0) is 14.0. The lowest BCUT2D eigenvalue weighted by Crippen LogP contribution is -2.39. The van der Waals surface area contributed by atoms with E-state index in [1.165, 1.54) is 4.90 Å². The molecule has 1 saturated carbocycles. The SMILES string of the molecule is CC(C)CN(CC(=O)O)C(=O)c1cccn1C1CC1. The second-order valence-electron chi connectivity index (χ2n) is 5.51. The maximum atomic E-state index is 12.5. The molecule has 1 aliphatic carbocycles. The summed E-state index contributed by atoms with van der Waals surface area (Å²) in [6.07, 6.45) is 4.09. The molecule has 2 rings (SSSR count). The molecule has 0 atom stereocenters. The largest absolute Gasteiger partial charge is 0.480 e. The van der Waals surface area contributed by atoms with Gasteiger partial charge in [-0.2, -0.15) is 0 Å². The van der Waals surface area contributed by atoms with Crippen LogP contribution >= 0.6 is 0 Å². The third kappa shape index (κ3) is 3.36. The maximum absolute atomic E-state index is 12.5. The summed E-state index contributed by atoms with van der Waals surface area (Å²) in [6, 6.07) is 4.04. The molecule has 0 radical (unpaired) electrons. The number of aliphatic carboxylic acids is 1. The molecule has 0 bridgehead atoms. The molecule has 5 heteroatoms. The second-order valence-corrected chi connectivity index (χ2v) is 5.51. The summed E-state index contributed by atoms with van der Waals surface area (Å²) in [5, 5.41) is 8.93. The van der Waals surface area contributed by atoms with Crippen LogP contribution < -0.4 is 0 Å². The van der Waals surface area contributed by atoms with Crippen molar-refractivity contribution >= 4 is 11.9 Å². The Labute approximate surface area is 112 Å². The fourth-order valence-corrected chi connectivity index (χ4v) is 2.23. The standard InChI is InChI=1S/C14H20N2O3/c1-10(2)8-15(9-13(17)18)14(19)12-4-3-7-16(12)11-5-6-11/h3-4,7,10-11H,5-6,8-9H2,1-2H3,(H,17,18). The predicted octanol–water partition coefficient (Wildman–Crippen LogP) is 2.01. The predicted molar refractivity (Wildman–Crippen MR) is 71.1 cm³/mol. The van der Waals surface area contributed by atoms with Crippen molar-refractivity contribution in [3.8, 4) is 0 Å². The Morgan fingerprint density at radius 1 is 1.47 bits per heavy atom. The first kappa shape index (κ1) is 13.6. The second kappa shape index (κ2) is 5.47. The average Bonchev–Trinajstić information content (AvgIpc) is 3.04. The number of rotatable bonds is 6. The molecular formula is C14H20N2O3. The van der Waals surface area contributed by atoms with Crippen molar-refractivity contribution in [2.45, 2.75) is 32.7 Å². The summed E-state index contributed by atoms with van der Waals surface area (Å²) >= 11 is 0. The summed E-state index contributed by atoms with van der Waals surface area (Å²) in [5.41, 5.74) is 0.601. The molecule has 0 aromatic carbocycles. The van der Waals surface area contributed by atoms with Gasteiger partial charge in [0.05, 0.1) is 0 Å². The summed E-state index contributed by atoms with van der Waals surface area (Å²) in [6.45, 7) is 4.16. The number of carbonyl (C=O) groups excluding carboxylic acids is 1. The molecular weight excluding hydrogens is 244 g/mol. The molecule has 1 fully saturated rings. The van der Waals surface area contributed by atoms with Gasteiger partial charge in [-0.25, -0.2) is 0 Å². The van der Waals surface area contributed by atoms with Gasteiger partial charge in [-0.15, -0.1) is 0 Å². The molecule has 104 valence electrons. The Hall–Kier alpha value is -1.78. The first-order valence-corrected chi connectivity index (χ1v) is 6.67. The van der Waals surface area contributed by atoms with Crippen LogP contribution in [0.5, 0.6) is 0 Å². The van der Waals surface area contributed by atoms with Gasteiger partial charge in [-0.3, -0.25) is 9.59 Å². The zero-order valence-corrected chi connectivity index (χ0v) is 11.4. The molecule has 1 aliphatic rings. The number of carboxylic acid groups (broad SMARTS) is 1. The Morgan fingerprint density at radius 2 is 2.16 bits per heavy atom. The molecule has 1 aromatic heterocycles. The number of carbonyl (C=O) groups is 2. The Bertz CT molecular complexity index is 475. The summed E-state index contributed by atoms with van der Waals surface area (Å²) in [4.78, 5) is 24.8. The summed E-state index contributed by atoms with van der Waals surface area (Å²) < 4.78 is 1.97. The number of nitrogens with zero attached hydrogens (tertiary/aromatic N) is 2. The van der Waals surface area contributed by atoms with Crippen LogP contribution in [0.15, 0.2) is 18.3 Å². The van der Waals surface area contributed by atoms with Crippen molar-refractivity contribution < 1.29 is 14.7 Å². The van der Waals surface area contributed by atoms with Crippen molar-refractivity contribution in [1.82, 2.24) is 9.47 Å². The Kier molecular flexibility index (Phi) is 3.93. The van der Waals surface area contributed by atoms with Crippen LogP contribution in [0.4, 0.5) is 0 Å². The molecule has 0 saturated heterocycles. The van der Waals surface area contributed by atoms with Crippen LogP contribution in [-0.4, -0.2) is 39.5 Å². The van der Waals surface area contributed by atoms with E-state index in [1.54, 1.807) is 6.07 Å². The van der Waals surface area contributed by atoms with Gasteiger partial charge in [0.2, 0.25) is 0 Å². The smallest absolute Gasteiger partial charge is 0.323 e. The monoisotopic (exact) mass is 264 g/mol. The number of amides is 1. The van der Waals surface area contributed by atoms with Crippen LogP contribution in [0, 0.1) is 5.92 Å². The van der Waals surface area contributed by atoms with E-state index >= 15 is 0 Å². The lowest BCUT2D eigenvalue weighted by molar-refractivity contribution is -0.137. The molecule has 1 amide bonds. The average molecular weight is 264 g/mol. The third-order valence-corrected chi connectivity index (χ3v) is 3.14. The molecule has 0 unspecified atom stereocenters. The van der Waals surface area contributed by atoms with Crippen LogP contribution in [0.2, 0.25) is 0 Å². The van der Waals surface area contributed by atoms with Crippen LogP contribution in [-0.2, 0) is 4.79 Å². The lowest BCUT2D eigenvalue weighted by Gasteiger charge is -2.23. The van der Waals surface area contributed by atoms with Gasteiger partial charge < -0.3 is 14.6 Å². The van der Waals surface area contributed by atoms with E-state index < -0.39 is 5.97 Å². The van der Waals surface area contributed by atoms with Crippen molar-refractivity contribution in [2.24, 2.45) is 5.92 Å². The molecule has 1 N–H and O–H groups in total. The van der Waals surface area contributed by atoms with Gasteiger partial charge in [-0.1, -0.05) is 13.8 Å². The molecule has 19 heavy (non-hydrogen) atoms. The van der Waals surface area contributed by atoms with E-state index in [0.29, 0.717) is 18.3 Å². The molecule has 1 heterocycles. The van der Waals surface area contributed by atoms with E-state index in [2.05, 4.69) is 0 Å². The van der Waals surface area contributed by atoms with Gasteiger partial charge in [0.15, 0.2) is 0 Å². The summed E-state index contributed by atoms with van der Waals surface area (Å²) in [5.74, 6) is -0.917. The van der Waals surface area contributed by atoms with Gasteiger partial charge in [0.25, 0.3) is 5.91 Å². The quantitative estimate of drug-likeness (QED) is 0.854. The molecule has 0 aliphatic heterocycles. The van der Waals surface area contributed by atoms with E-state index in [4.69, 9.17) is 5.11 Å². The topological polar surface area (TPSA) is 62.5 Å². The highest BCUT2D eigenvalue weighted by Gasteiger charge is 2.29. The number of hydrogen-bond acceptors (Lipinski definition) is 2. The highest BCUT2D eigenvalue weighted by molar-refractivity contribution is 5.94. The Balaban J connectivity index is 2.17. The third-order valence-electron chi connectivity index (χ3n) is 3.14. The van der Waals surface area contributed by atoms with E-state index in [-0.39, 0.29) is 18.4 Å². The molecule has 5 nitrogen and oxygen atoms in total. The minimum Gasteiger partial charge on any atom is -0.480 e. The van der Waals surface area contributed by atoms with Gasteiger partial charge >= 0.3 is 5.97 Å². The minimum absolute atomic E-state index is 0.187. The highest BCUT2D eigenvalue weighted by atomic mass is 16.4. The van der Waals surface area contributed by atoms with E-state index in [9.17, 15) is 9.59 Å². The van der Waals surface area contributed by atoms with Crippen LogP contribution in [0.1, 0.15) is 43.2 Å². The normalized spacial score (nSPS) is 14.7. The van der Waals surface area contributed by atoms with E-state index in [0.717, 1.165) is 12.8 Å². The summed E-state index contributed by atoms with van der Waals surface area (Å²) in [7, 11) is 0. The first-order chi connectivity index (χ1) is 8.99. The van der Waals surface area contributed by atoms with Gasteiger partial charge in [-0.05, 0) is 30.9 Å². The molecule has 0 spiro atoms. The van der Waals surface area contributed by atoms with Crippen molar-refractivity contribution in [1.29, 1.82) is 0 Å². The van der Waals surface area contributed by atoms with Crippen LogP contribution in [0.3, 0.4) is 0 Å². The number of carboxylic acids is 1. The maximum Gasteiger partial charge on any atom is 0.323 e. The first-order valence-electron chi connectivity index (χ1n) is 6.67. The van der Waals surface area contributed by atoms with Crippen molar-refractivity contribution in [3.63, 3.8) is 0 Å². The highest BCUT2D eigenvalue weighted by Crippen LogP contribution is 2.36. The minimum atomic E-state index is -0.974. The van der Waals surface area contributed by atoms with Crippen LogP contribution in [0.25, 0.3) is 0 Å². The number of aromatic nitrogens is 1. The van der Waals surface area contributed by atoms with E-state index in [1.807, 2.05) is 30.7 Å². The Morgan fingerprint density at radius 3 is 2.68 bits per heavy atom. The zero-order valence-electron chi connectivity index (χ0n) is 11.4. The molecule has 1 aromatic rings. The van der Waals surface area contributed by atoms with Crippen molar-refractivity contribution in [2.75, 3.05) is 13.1 Å². The fraction of sp³-hybridized carbons (Fsp3) is 0.571. The number of hydrogen-bond donors (Lipinski definition) is 1. The fourth-order valence-electron chi connectivity index (χ4n) is 2.23.